The molecule has 0 aromatic heterocycles. The van der Waals surface area contributed by atoms with E-state index < -0.39 is 0 Å². The molecule has 2 nitrogen and oxygen atoms in total. The van der Waals surface area contributed by atoms with Crippen LogP contribution in [0.1, 0.15) is 39.7 Å². The van der Waals surface area contributed by atoms with E-state index in [-0.39, 0.29) is 0 Å². The third-order valence-electron chi connectivity index (χ3n) is 2.89. The summed E-state index contributed by atoms with van der Waals surface area (Å²) in [4.78, 5) is 0. The molecule has 0 aliphatic rings. The Balaban J connectivity index is 2.86. The summed E-state index contributed by atoms with van der Waals surface area (Å²) in [7, 11) is 0. The Morgan fingerprint density at radius 3 is 2.47 bits per heavy atom. The van der Waals surface area contributed by atoms with E-state index in [1.165, 1.54) is 5.56 Å². The normalized spacial score (nSPS) is 12.6. The molecule has 106 valence electrons. The molecule has 19 heavy (non-hydrogen) atoms. The van der Waals surface area contributed by atoms with E-state index in [1.54, 1.807) is 0 Å². The van der Waals surface area contributed by atoms with Crippen LogP contribution < -0.4 is 9.47 Å². The summed E-state index contributed by atoms with van der Waals surface area (Å²) in [6.45, 7) is 9.79. The Kier molecular flexibility index (Phi) is 7.09. The van der Waals surface area contributed by atoms with Crippen LogP contribution in [0.5, 0.6) is 11.5 Å². The standard InChI is InChI=1S/C17H26O2/c1-5-8-9-14(4)12-15-13-16(18-6-2)10-11-17(15)19-7-3/h8-11,13-14H,5-7,12H2,1-4H3/b9-8-. The molecule has 0 fully saturated rings. The highest BCUT2D eigenvalue weighted by atomic mass is 16.5. The van der Waals surface area contributed by atoms with Crippen molar-refractivity contribution in [2.45, 2.75) is 40.5 Å². The van der Waals surface area contributed by atoms with E-state index in [0.29, 0.717) is 19.1 Å². The van der Waals surface area contributed by atoms with Gasteiger partial charge >= 0.3 is 0 Å². The molecule has 0 saturated heterocycles. The number of benzene rings is 1. The van der Waals surface area contributed by atoms with E-state index >= 15 is 0 Å². The van der Waals surface area contributed by atoms with Crippen LogP contribution in [0.25, 0.3) is 0 Å². The molecule has 1 aromatic rings. The monoisotopic (exact) mass is 262 g/mol. The second-order valence-corrected chi connectivity index (χ2v) is 4.65. The first-order valence-electron chi connectivity index (χ1n) is 7.26. The molecule has 0 aliphatic heterocycles. The summed E-state index contributed by atoms with van der Waals surface area (Å²) in [6, 6.07) is 6.09. The fourth-order valence-electron chi connectivity index (χ4n) is 2.05. The van der Waals surface area contributed by atoms with E-state index in [0.717, 1.165) is 24.3 Å². The van der Waals surface area contributed by atoms with Crippen molar-refractivity contribution in [2.75, 3.05) is 13.2 Å². The number of hydrogen-bond acceptors (Lipinski definition) is 2. The zero-order valence-electron chi connectivity index (χ0n) is 12.6. The van der Waals surface area contributed by atoms with Gasteiger partial charge in [-0.25, -0.2) is 0 Å². The van der Waals surface area contributed by atoms with Gasteiger partial charge in [0.2, 0.25) is 0 Å². The minimum Gasteiger partial charge on any atom is -0.494 e. The Bertz CT molecular complexity index is 396. The zero-order valence-corrected chi connectivity index (χ0v) is 12.6. The smallest absolute Gasteiger partial charge is 0.122 e. The molecule has 1 atom stereocenters. The zero-order chi connectivity index (χ0) is 14.1. The predicted molar refractivity (Wildman–Crippen MR) is 81.1 cm³/mol. The van der Waals surface area contributed by atoms with Gasteiger partial charge in [0.25, 0.3) is 0 Å². The summed E-state index contributed by atoms with van der Waals surface area (Å²) in [5.41, 5.74) is 1.22. The van der Waals surface area contributed by atoms with Crippen LogP contribution in [0, 0.1) is 5.92 Å². The van der Waals surface area contributed by atoms with E-state index in [9.17, 15) is 0 Å². The molecule has 2 heteroatoms. The predicted octanol–water partition coefficient (Wildman–Crippen LogP) is 4.63. The molecule has 0 heterocycles. The highest BCUT2D eigenvalue weighted by Crippen LogP contribution is 2.27. The lowest BCUT2D eigenvalue weighted by molar-refractivity contribution is 0.326. The van der Waals surface area contributed by atoms with Crippen LogP contribution >= 0.6 is 0 Å². The maximum atomic E-state index is 5.70. The van der Waals surface area contributed by atoms with Gasteiger partial charge in [0, 0.05) is 0 Å². The molecule has 0 saturated carbocycles. The van der Waals surface area contributed by atoms with Gasteiger partial charge in [0.1, 0.15) is 11.5 Å². The van der Waals surface area contributed by atoms with Gasteiger partial charge in [0.05, 0.1) is 13.2 Å². The molecule has 0 radical (unpaired) electrons. The number of rotatable bonds is 8. The van der Waals surface area contributed by atoms with Crippen LogP contribution in [0.4, 0.5) is 0 Å². The summed E-state index contributed by atoms with van der Waals surface area (Å²) < 4.78 is 11.3. The summed E-state index contributed by atoms with van der Waals surface area (Å²) in [6.07, 6.45) is 6.55. The number of ether oxygens (including phenoxy) is 2. The van der Waals surface area contributed by atoms with Crippen LogP contribution in [0.3, 0.4) is 0 Å². The molecule has 0 bridgehead atoms. The largest absolute Gasteiger partial charge is 0.494 e. The minimum atomic E-state index is 0.510. The Morgan fingerprint density at radius 1 is 1.11 bits per heavy atom. The van der Waals surface area contributed by atoms with Gasteiger partial charge in [-0.3, -0.25) is 0 Å². The lowest BCUT2D eigenvalue weighted by atomic mass is 9.99. The van der Waals surface area contributed by atoms with Crippen LogP contribution in [0.15, 0.2) is 30.4 Å². The highest BCUT2D eigenvalue weighted by molar-refractivity contribution is 5.40. The minimum absolute atomic E-state index is 0.510. The topological polar surface area (TPSA) is 18.5 Å². The second kappa shape index (κ2) is 8.63. The first-order valence-corrected chi connectivity index (χ1v) is 7.26. The maximum Gasteiger partial charge on any atom is 0.122 e. The first-order chi connectivity index (χ1) is 9.21. The Morgan fingerprint density at radius 2 is 1.84 bits per heavy atom. The average molecular weight is 262 g/mol. The SMILES string of the molecule is CC/C=C\C(C)Cc1cc(OCC)ccc1OCC. The summed E-state index contributed by atoms with van der Waals surface area (Å²) in [5.74, 6) is 2.41. The van der Waals surface area contributed by atoms with Crippen molar-refractivity contribution in [2.24, 2.45) is 5.92 Å². The number of hydrogen-bond donors (Lipinski definition) is 0. The van der Waals surface area contributed by atoms with Crippen LogP contribution in [-0.4, -0.2) is 13.2 Å². The van der Waals surface area contributed by atoms with Crippen molar-refractivity contribution in [1.82, 2.24) is 0 Å². The van der Waals surface area contributed by atoms with Crippen LogP contribution in [-0.2, 0) is 6.42 Å². The Labute approximate surface area is 117 Å². The van der Waals surface area contributed by atoms with Gasteiger partial charge in [-0.2, -0.15) is 0 Å². The second-order valence-electron chi connectivity index (χ2n) is 4.65. The lowest BCUT2D eigenvalue weighted by Gasteiger charge is -2.14. The molecule has 1 aromatic carbocycles. The molecular weight excluding hydrogens is 236 g/mol. The fourth-order valence-corrected chi connectivity index (χ4v) is 2.05. The average Bonchev–Trinajstić information content (AvgIpc) is 2.40. The highest BCUT2D eigenvalue weighted by Gasteiger charge is 2.08. The summed E-state index contributed by atoms with van der Waals surface area (Å²) >= 11 is 0. The van der Waals surface area contributed by atoms with Crippen LogP contribution in [0.2, 0.25) is 0 Å². The Hall–Kier alpha value is -1.44. The van der Waals surface area contributed by atoms with Crippen molar-refractivity contribution >= 4 is 0 Å². The van der Waals surface area contributed by atoms with E-state index in [2.05, 4.69) is 32.1 Å². The van der Waals surface area contributed by atoms with Gasteiger partial charge in [-0.15, -0.1) is 0 Å². The molecular formula is C17H26O2. The van der Waals surface area contributed by atoms with Gasteiger partial charge in [-0.05, 0) is 56.4 Å². The third kappa shape index (κ3) is 5.37. The van der Waals surface area contributed by atoms with Crippen molar-refractivity contribution in [3.05, 3.63) is 35.9 Å². The molecule has 1 unspecified atom stereocenters. The summed E-state index contributed by atoms with van der Waals surface area (Å²) in [5, 5.41) is 0. The fraction of sp³-hybridized carbons (Fsp3) is 0.529. The first kappa shape index (κ1) is 15.6. The van der Waals surface area contributed by atoms with Crippen molar-refractivity contribution < 1.29 is 9.47 Å². The lowest BCUT2D eigenvalue weighted by Crippen LogP contribution is -2.02. The van der Waals surface area contributed by atoms with Gasteiger partial charge < -0.3 is 9.47 Å². The molecule has 1 rings (SSSR count). The van der Waals surface area contributed by atoms with Crippen molar-refractivity contribution in [3.8, 4) is 11.5 Å². The molecule has 0 spiro atoms. The van der Waals surface area contributed by atoms with E-state index in [4.69, 9.17) is 9.47 Å². The van der Waals surface area contributed by atoms with Crippen molar-refractivity contribution in [1.29, 1.82) is 0 Å². The van der Waals surface area contributed by atoms with Crippen molar-refractivity contribution in [3.63, 3.8) is 0 Å². The number of allylic oxidation sites excluding steroid dienone is 2. The van der Waals surface area contributed by atoms with Gasteiger partial charge in [-0.1, -0.05) is 26.0 Å². The molecule has 0 amide bonds. The quantitative estimate of drug-likeness (QED) is 0.636. The van der Waals surface area contributed by atoms with Gasteiger partial charge in [0.15, 0.2) is 0 Å². The van der Waals surface area contributed by atoms with E-state index in [1.807, 2.05) is 26.0 Å². The molecule has 0 aliphatic carbocycles. The third-order valence-corrected chi connectivity index (χ3v) is 2.89. The molecule has 0 N–H and O–H groups in total. The maximum absolute atomic E-state index is 5.70.